The number of primary amides is 1. The molecule has 4 nitrogen and oxygen atoms in total. The fourth-order valence-corrected chi connectivity index (χ4v) is 2.16. The number of rotatable bonds is 6. The highest BCUT2D eigenvalue weighted by Crippen LogP contribution is 2.10. The number of nitrogens with two attached hydrogens (primary N) is 1. The first kappa shape index (κ1) is 17.5. The van der Waals surface area contributed by atoms with E-state index in [9.17, 15) is 22.8 Å². The van der Waals surface area contributed by atoms with Gasteiger partial charge in [0.2, 0.25) is 11.8 Å². The lowest BCUT2D eigenvalue weighted by Gasteiger charge is -2.15. The van der Waals surface area contributed by atoms with Gasteiger partial charge in [0.25, 0.3) is 0 Å². The summed E-state index contributed by atoms with van der Waals surface area (Å²) in [4.78, 5) is 23.5. The molecule has 2 rings (SSSR count). The van der Waals surface area contributed by atoms with Crippen LogP contribution in [0.3, 0.4) is 0 Å². The number of carbonyl (C=O) groups excluding carboxylic acids is 2. The lowest BCUT2D eigenvalue weighted by Crippen LogP contribution is -2.46. The van der Waals surface area contributed by atoms with Crippen molar-refractivity contribution in [2.75, 3.05) is 0 Å². The summed E-state index contributed by atoms with van der Waals surface area (Å²) in [5, 5.41) is 2.44. The Kier molecular flexibility index (Phi) is 5.57. The van der Waals surface area contributed by atoms with Crippen molar-refractivity contribution in [3.8, 4) is 0 Å². The number of benzene rings is 2. The average molecular weight is 336 g/mol. The first-order valence-electron chi connectivity index (χ1n) is 7.12. The highest BCUT2D eigenvalue weighted by molar-refractivity contribution is 5.87. The molecule has 126 valence electrons. The molecule has 0 heterocycles. The Balaban J connectivity index is 2.01. The summed E-state index contributed by atoms with van der Waals surface area (Å²) in [7, 11) is 0. The minimum absolute atomic E-state index is 0.0964. The van der Waals surface area contributed by atoms with Crippen molar-refractivity contribution in [3.05, 3.63) is 71.0 Å². The third-order valence-electron chi connectivity index (χ3n) is 3.38. The van der Waals surface area contributed by atoms with E-state index in [2.05, 4.69) is 5.32 Å². The molecule has 0 aliphatic rings. The molecular weight excluding hydrogens is 321 g/mol. The Morgan fingerprint density at radius 2 is 1.58 bits per heavy atom. The van der Waals surface area contributed by atoms with Crippen LogP contribution >= 0.6 is 0 Å². The van der Waals surface area contributed by atoms with E-state index in [1.54, 1.807) is 0 Å². The predicted octanol–water partition coefficient (Wildman–Crippen LogP) is 1.86. The fourth-order valence-electron chi connectivity index (χ4n) is 2.16. The Labute approximate surface area is 136 Å². The Morgan fingerprint density at radius 1 is 0.958 bits per heavy atom. The molecule has 0 saturated carbocycles. The van der Waals surface area contributed by atoms with E-state index in [1.165, 1.54) is 30.3 Å². The summed E-state index contributed by atoms with van der Waals surface area (Å²) in [6.45, 7) is 0. The molecule has 0 fully saturated rings. The number of halogens is 3. The normalized spacial score (nSPS) is 11.8. The van der Waals surface area contributed by atoms with E-state index in [4.69, 9.17) is 5.73 Å². The molecule has 0 aliphatic carbocycles. The molecule has 0 aromatic heterocycles. The van der Waals surface area contributed by atoms with Crippen LogP contribution in [0.5, 0.6) is 0 Å². The van der Waals surface area contributed by atoms with Gasteiger partial charge < -0.3 is 11.1 Å². The molecule has 0 radical (unpaired) electrons. The molecule has 2 aromatic rings. The summed E-state index contributed by atoms with van der Waals surface area (Å²) in [6.07, 6.45) is -0.135. The van der Waals surface area contributed by atoms with Gasteiger partial charge in [-0.15, -0.1) is 0 Å². The Hall–Kier alpha value is -2.83. The van der Waals surface area contributed by atoms with Gasteiger partial charge in [0.05, 0.1) is 6.42 Å². The van der Waals surface area contributed by atoms with Gasteiger partial charge in [0.1, 0.15) is 11.9 Å². The van der Waals surface area contributed by atoms with Crippen molar-refractivity contribution in [3.63, 3.8) is 0 Å². The molecule has 0 saturated heterocycles. The minimum Gasteiger partial charge on any atom is -0.368 e. The van der Waals surface area contributed by atoms with Crippen molar-refractivity contribution in [1.82, 2.24) is 5.32 Å². The first-order valence-corrected chi connectivity index (χ1v) is 7.12. The molecule has 24 heavy (non-hydrogen) atoms. The van der Waals surface area contributed by atoms with E-state index in [0.29, 0.717) is 5.56 Å². The second kappa shape index (κ2) is 7.63. The molecule has 3 N–H and O–H groups in total. The van der Waals surface area contributed by atoms with Crippen molar-refractivity contribution in [2.45, 2.75) is 18.9 Å². The van der Waals surface area contributed by atoms with Crippen LogP contribution in [0.25, 0.3) is 0 Å². The van der Waals surface area contributed by atoms with E-state index in [1.807, 2.05) is 0 Å². The lowest BCUT2D eigenvalue weighted by atomic mass is 10.0. The molecule has 2 amide bonds. The van der Waals surface area contributed by atoms with Gasteiger partial charge in [-0.25, -0.2) is 13.2 Å². The topological polar surface area (TPSA) is 72.2 Å². The van der Waals surface area contributed by atoms with Gasteiger partial charge in [-0.1, -0.05) is 18.2 Å². The van der Waals surface area contributed by atoms with E-state index in [-0.39, 0.29) is 18.4 Å². The summed E-state index contributed by atoms with van der Waals surface area (Å²) in [5.74, 6) is -3.80. The molecular formula is C17H15F3N2O2. The number of hydrogen-bond donors (Lipinski definition) is 2. The zero-order valence-electron chi connectivity index (χ0n) is 12.6. The summed E-state index contributed by atoms with van der Waals surface area (Å²) in [6, 6.07) is 7.54. The zero-order valence-corrected chi connectivity index (χ0v) is 12.6. The van der Waals surface area contributed by atoms with Crippen molar-refractivity contribution in [2.24, 2.45) is 5.73 Å². The molecule has 0 bridgehead atoms. The SMILES string of the molecule is NC(=O)[C@@H](Cc1ccc(F)cc1)NC(=O)Cc1ccc(F)c(F)c1. The van der Waals surface area contributed by atoms with Crippen LogP contribution in [-0.2, 0) is 22.4 Å². The van der Waals surface area contributed by atoms with Crippen LogP contribution in [0, 0.1) is 17.5 Å². The van der Waals surface area contributed by atoms with E-state index in [0.717, 1.165) is 12.1 Å². The number of amides is 2. The molecule has 2 aromatic carbocycles. The maximum absolute atomic E-state index is 13.1. The minimum atomic E-state index is -1.06. The molecule has 1 atom stereocenters. The number of nitrogens with one attached hydrogen (secondary N) is 1. The van der Waals surface area contributed by atoms with Crippen molar-refractivity contribution >= 4 is 11.8 Å². The third-order valence-corrected chi connectivity index (χ3v) is 3.38. The Morgan fingerprint density at radius 3 is 2.17 bits per heavy atom. The van der Waals surface area contributed by atoms with Crippen LogP contribution in [-0.4, -0.2) is 17.9 Å². The third kappa shape index (κ3) is 4.84. The smallest absolute Gasteiger partial charge is 0.240 e. The Bertz CT molecular complexity index is 748. The maximum Gasteiger partial charge on any atom is 0.240 e. The van der Waals surface area contributed by atoms with Gasteiger partial charge in [0, 0.05) is 6.42 Å². The van der Waals surface area contributed by atoms with Crippen LogP contribution in [0.1, 0.15) is 11.1 Å². The van der Waals surface area contributed by atoms with Crippen molar-refractivity contribution < 1.29 is 22.8 Å². The maximum atomic E-state index is 13.1. The number of carbonyl (C=O) groups is 2. The van der Waals surface area contributed by atoms with Gasteiger partial charge >= 0.3 is 0 Å². The predicted molar refractivity (Wildman–Crippen MR) is 81.3 cm³/mol. The summed E-state index contributed by atoms with van der Waals surface area (Å²) < 4.78 is 38.9. The fraction of sp³-hybridized carbons (Fsp3) is 0.176. The van der Waals surface area contributed by atoms with Crippen LogP contribution < -0.4 is 11.1 Å². The van der Waals surface area contributed by atoms with Gasteiger partial charge in [-0.2, -0.15) is 0 Å². The highest BCUT2D eigenvalue weighted by atomic mass is 19.2. The van der Waals surface area contributed by atoms with E-state index < -0.39 is 35.3 Å². The van der Waals surface area contributed by atoms with Gasteiger partial charge in [-0.05, 0) is 35.4 Å². The largest absolute Gasteiger partial charge is 0.368 e. The van der Waals surface area contributed by atoms with Gasteiger partial charge in [-0.3, -0.25) is 9.59 Å². The highest BCUT2D eigenvalue weighted by Gasteiger charge is 2.19. The molecule has 7 heteroatoms. The van der Waals surface area contributed by atoms with Crippen LogP contribution in [0.2, 0.25) is 0 Å². The van der Waals surface area contributed by atoms with E-state index >= 15 is 0 Å². The average Bonchev–Trinajstić information content (AvgIpc) is 2.52. The summed E-state index contributed by atoms with van der Waals surface area (Å²) >= 11 is 0. The second-order valence-electron chi connectivity index (χ2n) is 5.28. The van der Waals surface area contributed by atoms with Crippen LogP contribution in [0.15, 0.2) is 42.5 Å². The lowest BCUT2D eigenvalue weighted by molar-refractivity contribution is -0.127. The first-order chi connectivity index (χ1) is 11.3. The van der Waals surface area contributed by atoms with Crippen LogP contribution in [0.4, 0.5) is 13.2 Å². The molecule has 0 spiro atoms. The standard InChI is InChI=1S/C17H15F3N2O2/c18-12-4-1-10(2-5-12)8-15(17(21)24)22-16(23)9-11-3-6-13(19)14(20)7-11/h1-7,15H,8-9H2,(H2,21,24)(H,22,23)/t15-/m1/s1. The second-order valence-corrected chi connectivity index (χ2v) is 5.28. The quantitative estimate of drug-likeness (QED) is 0.845. The monoisotopic (exact) mass is 336 g/mol. The molecule has 0 unspecified atom stereocenters. The van der Waals surface area contributed by atoms with Gasteiger partial charge in [0.15, 0.2) is 11.6 Å². The zero-order chi connectivity index (χ0) is 17.7. The summed E-state index contributed by atoms with van der Waals surface area (Å²) in [5.41, 5.74) is 6.14. The van der Waals surface area contributed by atoms with Crippen molar-refractivity contribution in [1.29, 1.82) is 0 Å². The molecule has 0 aliphatic heterocycles. The number of hydrogen-bond acceptors (Lipinski definition) is 2.